The van der Waals surface area contributed by atoms with Gasteiger partial charge in [0.1, 0.15) is 6.10 Å². The maximum absolute atomic E-state index is 11.8. The zero-order valence-electron chi connectivity index (χ0n) is 10.4. The number of nitro groups is 1. The highest BCUT2D eigenvalue weighted by Gasteiger charge is 2.43. The smallest absolute Gasteiger partial charge is 0.269 e. The van der Waals surface area contributed by atoms with Gasteiger partial charge in [-0.3, -0.25) is 10.1 Å². The van der Waals surface area contributed by atoms with Crippen LogP contribution in [0.1, 0.15) is 25.5 Å². The Kier molecular flexibility index (Phi) is 4.54. The second-order valence-electron chi connectivity index (χ2n) is 4.14. The highest BCUT2D eigenvalue weighted by atomic mass is 35.5. The molecule has 1 aromatic carbocycles. The molecule has 0 heterocycles. The first-order valence-corrected chi connectivity index (χ1v) is 7.50. The molecule has 0 saturated carbocycles. The summed E-state index contributed by atoms with van der Waals surface area (Å²) in [5.41, 5.74) is 0.0608. The van der Waals surface area contributed by atoms with E-state index in [9.17, 15) is 23.6 Å². The van der Waals surface area contributed by atoms with Crippen molar-refractivity contribution < 1.29 is 18.4 Å². The van der Waals surface area contributed by atoms with Crippen LogP contribution >= 0.6 is 11.6 Å². The number of aliphatic hydroxyl groups excluding tert-OH is 1. The van der Waals surface area contributed by atoms with Gasteiger partial charge in [0.25, 0.3) is 5.69 Å². The first-order chi connectivity index (χ1) is 8.63. The molecule has 0 radical (unpaired) electrons. The van der Waals surface area contributed by atoms with Gasteiger partial charge in [0, 0.05) is 17.9 Å². The van der Waals surface area contributed by atoms with E-state index < -0.39 is 25.1 Å². The second-order valence-corrected chi connectivity index (χ2v) is 7.80. The average molecular weight is 308 g/mol. The number of nitro benzene ring substituents is 1. The summed E-state index contributed by atoms with van der Waals surface area (Å²) in [5.74, 6) is -0.211. The summed E-state index contributed by atoms with van der Waals surface area (Å²) in [6, 6.07) is 4.94. The molecule has 19 heavy (non-hydrogen) atoms. The van der Waals surface area contributed by atoms with E-state index in [-0.39, 0.29) is 17.0 Å². The molecule has 0 unspecified atom stereocenters. The third-order valence-corrected chi connectivity index (χ3v) is 6.01. The number of hydrogen-bond donors (Lipinski definition) is 1. The second kappa shape index (κ2) is 5.44. The van der Waals surface area contributed by atoms with Crippen LogP contribution in [0.15, 0.2) is 24.3 Å². The van der Waals surface area contributed by atoms with Crippen molar-refractivity contribution in [3.05, 3.63) is 39.9 Å². The Morgan fingerprint density at radius 3 is 2.26 bits per heavy atom. The van der Waals surface area contributed by atoms with E-state index in [2.05, 4.69) is 0 Å². The van der Waals surface area contributed by atoms with Gasteiger partial charge < -0.3 is 5.11 Å². The van der Waals surface area contributed by atoms with Crippen molar-refractivity contribution in [2.45, 2.75) is 24.2 Å². The number of nitrogens with zero attached hydrogens (tertiary/aromatic N) is 1. The van der Waals surface area contributed by atoms with E-state index in [4.69, 9.17) is 11.6 Å². The summed E-state index contributed by atoms with van der Waals surface area (Å²) >= 11 is 5.94. The quantitative estimate of drug-likeness (QED) is 0.510. The largest absolute Gasteiger partial charge is 0.385 e. The standard InChI is InChI=1S/C11H14ClNO5S/c1-3-19(17,18)11(2,12)10(14)8-4-6-9(7-5-8)13(15)16/h4-7,10,14H,3H2,1-2H3/t10-,11-/m0/s1. The van der Waals surface area contributed by atoms with E-state index in [1.807, 2.05) is 0 Å². The van der Waals surface area contributed by atoms with Crippen molar-refractivity contribution in [1.29, 1.82) is 0 Å². The number of benzene rings is 1. The Morgan fingerprint density at radius 1 is 1.42 bits per heavy atom. The molecule has 0 aliphatic rings. The molecule has 0 aromatic heterocycles. The Balaban J connectivity index is 3.13. The van der Waals surface area contributed by atoms with Gasteiger partial charge >= 0.3 is 0 Å². The monoisotopic (exact) mass is 307 g/mol. The lowest BCUT2D eigenvalue weighted by Gasteiger charge is -2.27. The fourth-order valence-corrected chi connectivity index (χ4v) is 3.02. The van der Waals surface area contributed by atoms with Crippen molar-refractivity contribution in [2.24, 2.45) is 0 Å². The molecule has 0 aliphatic carbocycles. The van der Waals surface area contributed by atoms with Gasteiger partial charge in [-0.1, -0.05) is 18.5 Å². The van der Waals surface area contributed by atoms with Gasteiger partial charge in [0.15, 0.2) is 14.0 Å². The molecule has 2 atom stereocenters. The Bertz CT molecular complexity index is 567. The van der Waals surface area contributed by atoms with Crippen LogP contribution in [-0.2, 0) is 9.84 Å². The van der Waals surface area contributed by atoms with Gasteiger partial charge in [0.2, 0.25) is 0 Å². The van der Waals surface area contributed by atoms with Crippen LogP contribution in [0.2, 0.25) is 0 Å². The number of non-ortho nitro benzene ring substituents is 1. The van der Waals surface area contributed by atoms with Crippen LogP contribution in [0.5, 0.6) is 0 Å². The highest BCUT2D eigenvalue weighted by molar-refractivity contribution is 7.94. The molecule has 1 rings (SSSR count). The Morgan fingerprint density at radius 2 is 1.89 bits per heavy atom. The normalized spacial score (nSPS) is 16.6. The van der Waals surface area contributed by atoms with Gasteiger partial charge in [-0.05, 0) is 24.6 Å². The number of aliphatic hydroxyl groups is 1. The van der Waals surface area contributed by atoms with Crippen molar-refractivity contribution >= 4 is 27.1 Å². The number of halogens is 1. The molecule has 0 fully saturated rings. The molecule has 0 bridgehead atoms. The molecule has 0 aliphatic heterocycles. The van der Waals surface area contributed by atoms with E-state index in [1.165, 1.54) is 38.1 Å². The summed E-state index contributed by atoms with van der Waals surface area (Å²) in [5, 5.41) is 20.6. The van der Waals surface area contributed by atoms with E-state index >= 15 is 0 Å². The molecule has 0 spiro atoms. The molecule has 1 N–H and O–H groups in total. The zero-order valence-corrected chi connectivity index (χ0v) is 12.0. The predicted molar refractivity (Wildman–Crippen MR) is 71.8 cm³/mol. The van der Waals surface area contributed by atoms with Gasteiger partial charge in [-0.25, -0.2) is 8.42 Å². The lowest BCUT2D eigenvalue weighted by atomic mass is 10.1. The van der Waals surface area contributed by atoms with Crippen molar-refractivity contribution in [3.63, 3.8) is 0 Å². The van der Waals surface area contributed by atoms with E-state index in [0.29, 0.717) is 0 Å². The van der Waals surface area contributed by atoms with Crippen LogP contribution in [0.4, 0.5) is 5.69 Å². The summed E-state index contributed by atoms with van der Waals surface area (Å²) < 4.78 is 21.7. The first kappa shape index (κ1) is 15.9. The third kappa shape index (κ3) is 3.05. The maximum atomic E-state index is 11.8. The molecule has 0 amide bonds. The molecular weight excluding hydrogens is 294 g/mol. The predicted octanol–water partition coefficient (Wildman–Crippen LogP) is 2.02. The fraction of sp³-hybridized carbons (Fsp3) is 0.455. The van der Waals surface area contributed by atoms with E-state index in [0.717, 1.165) is 0 Å². The van der Waals surface area contributed by atoms with Gasteiger partial charge in [-0.15, -0.1) is 0 Å². The van der Waals surface area contributed by atoms with E-state index in [1.54, 1.807) is 0 Å². The molecule has 8 heteroatoms. The van der Waals surface area contributed by atoms with Crippen molar-refractivity contribution in [2.75, 3.05) is 5.75 Å². The first-order valence-electron chi connectivity index (χ1n) is 5.47. The minimum atomic E-state index is -3.69. The minimum absolute atomic E-state index is 0.148. The summed E-state index contributed by atoms with van der Waals surface area (Å²) in [6.45, 7) is 2.64. The van der Waals surface area contributed by atoms with Crippen LogP contribution in [0, 0.1) is 10.1 Å². The van der Waals surface area contributed by atoms with Gasteiger partial charge in [-0.2, -0.15) is 0 Å². The van der Waals surface area contributed by atoms with Crippen LogP contribution in [0.3, 0.4) is 0 Å². The SMILES string of the molecule is CCS(=O)(=O)[C@](C)(Cl)[C@@H](O)c1ccc([N+](=O)[O-])cc1. The van der Waals surface area contributed by atoms with Crippen LogP contribution in [0.25, 0.3) is 0 Å². The van der Waals surface area contributed by atoms with Crippen LogP contribution < -0.4 is 0 Å². The average Bonchev–Trinajstić information content (AvgIpc) is 2.37. The molecular formula is C11H14ClNO5S. The fourth-order valence-electron chi connectivity index (χ4n) is 1.53. The lowest BCUT2D eigenvalue weighted by Crippen LogP contribution is -2.37. The zero-order chi connectivity index (χ0) is 14.8. The Hall–Kier alpha value is -1.18. The molecule has 106 valence electrons. The summed E-state index contributed by atoms with van der Waals surface area (Å²) in [6.07, 6.45) is -1.47. The lowest BCUT2D eigenvalue weighted by molar-refractivity contribution is -0.384. The number of rotatable bonds is 5. The topological polar surface area (TPSA) is 97.5 Å². The number of alkyl halides is 1. The number of hydrogen-bond acceptors (Lipinski definition) is 5. The summed E-state index contributed by atoms with van der Waals surface area (Å²) in [4.78, 5) is 9.92. The number of sulfone groups is 1. The summed E-state index contributed by atoms with van der Waals surface area (Å²) in [7, 11) is -3.69. The third-order valence-electron chi connectivity index (χ3n) is 2.90. The Labute approximate surface area is 116 Å². The molecule has 0 saturated heterocycles. The highest BCUT2D eigenvalue weighted by Crippen LogP contribution is 2.37. The van der Waals surface area contributed by atoms with Crippen LogP contribution in [-0.4, -0.2) is 28.4 Å². The molecule has 1 aromatic rings. The van der Waals surface area contributed by atoms with Crippen molar-refractivity contribution in [1.82, 2.24) is 0 Å². The minimum Gasteiger partial charge on any atom is -0.385 e. The van der Waals surface area contributed by atoms with Gasteiger partial charge in [0.05, 0.1) is 4.92 Å². The molecule has 6 nitrogen and oxygen atoms in total. The van der Waals surface area contributed by atoms with Crippen molar-refractivity contribution in [3.8, 4) is 0 Å². The maximum Gasteiger partial charge on any atom is 0.269 e.